The summed E-state index contributed by atoms with van der Waals surface area (Å²) in [5, 5.41) is 8.73. The molecule has 1 aliphatic rings. The van der Waals surface area contributed by atoms with Crippen LogP contribution in [0.15, 0.2) is 69.8 Å². The summed E-state index contributed by atoms with van der Waals surface area (Å²) in [5.41, 5.74) is 2.55. The molecule has 1 aliphatic heterocycles. The van der Waals surface area contributed by atoms with Crippen LogP contribution in [-0.4, -0.2) is 29.3 Å². The van der Waals surface area contributed by atoms with Crippen LogP contribution < -0.4 is 19.8 Å². The monoisotopic (exact) mass is 461 g/mol. The number of hydrogen-bond donors (Lipinski definition) is 0. The molecule has 166 valence electrons. The van der Waals surface area contributed by atoms with Gasteiger partial charge in [-0.25, -0.2) is 0 Å². The van der Waals surface area contributed by atoms with Gasteiger partial charge in [0.25, 0.3) is 5.91 Å². The first-order chi connectivity index (χ1) is 16.1. The van der Waals surface area contributed by atoms with E-state index in [4.69, 9.17) is 13.9 Å². The van der Waals surface area contributed by atoms with E-state index in [1.807, 2.05) is 6.92 Å². The van der Waals surface area contributed by atoms with E-state index in [9.17, 15) is 9.59 Å². The lowest BCUT2D eigenvalue weighted by atomic mass is 9.98. The number of rotatable bonds is 7. The molecule has 0 saturated heterocycles. The van der Waals surface area contributed by atoms with E-state index in [0.29, 0.717) is 46.4 Å². The second-order valence-corrected chi connectivity index (χ2v) is 8.02. The number of carbonyl (C=O) groups is 1. The Morgan fingerprint density at radius 2 is 2.03 bits per heavy atom. The summed E-state index contributed by atoms with van der Waals surface area (Å²) in [5.74, 6) is 0.599. The highest BCUT2D eigenvalue weighted by molar-refractivity contribution is 7.13. The molecule has 9 heteroatoms. The number of nitrogens with zero attached hydrogens (tertiary/aromatic N) is 3. The fourth-order valence-corrected chi connectivity index (χ4v) is 4.52. The Morgan fingerprint density at radius 3 is 2.79 bits per heavy atom. The van der Waals surface area contributed by atoms with Crippen LogP contribution in [0.25, 0.3) is 11.0 Å². The van der Waals surface area contributed by atoms with Crippen molar-refractivity contribution in [2.75, 3.05) is 18.1 Å². The van der Waals surface area contributed by atoms with Crippen molar-refractivity contribution < 1.29 is 18.7 Å². The summed E-state index contributed by atoms with van der Waals surface area (Å²) in [6, 6.07) is 11.5. The second kappa shape index (κ2) is 8.51. The standard InChI is InChI=1S/C24H19N3O5S/c1-3-11-31-17-10-9-14(12-18(17)30-4-2)20-19-21(28)15-7-5-6-8-16(15)32-22(19)23(29)27(20)24-26-25-13-33-24/h3,5-10,12-13,20H,1,4,11H2,2H3/t20-/m0/s1. The lowest BCUT2D eigenvalue weighted by molar-refractivity contribution is 0.0970. The number of amides is 1. The third kappa shape index (κ3) is 3.46. The first-order valence-corrected chi connectivity index (χ1v) is 11.2. The van der Waals surface area contributed by atoms with Crippen LogP contribution in [-0.2, 0) is 0 Å². The number of anilines is 1. The smallest absolute Gasteiger partial charge is 0.297 e. The molecule has 33 heavy (non-hydrogen) atoms. The molecule has 0 aliphatic carbocycles. The summed E-state index contributed by atoms with van der Waals surface area (Å²) >= 11 is 1.20. The molecular weight excluding hydrogens is 442 g/mol. The third-order valence-corrected chi connectivity index (χ3v) is 5.96. The van der Waals surface area contributed by atoms with Crippen LogP contribution in [0, 0.1) is 0 Å². The molecule has 0 unspecified atom stereocenters. The third-order valence-electron chi connectivity index (χ3n) is 5.27. The first kappa shape index (κ1) is 20.9. The zero-order chi connectivity index (χ0) is 22.9. The van der Waals surface area contributed by atoms with Crippen molar-refractivity contribution in [2.45, 2.75) is 13.0 Å². The number of para-hydroxylation sites is 1. The lowest BCUT2D eigenvalue weighted by Gasteiger charge is -2.23. The van der Waals surface area contributed by atoms with E-state index in [1.54, 1.807) is 48.5 Å². The van der Waals surface area contributed by atoms with Crippen LogP contribution in [0.4, 0.5) is 5.13 Å². The van der Waals surface area contributed by atoms with Gasteiger partial charge in [0, 0.05) is 0 Å². The van der Waals surface area contributed by atoms with Crippen LogP contribution >= 0.6 is 11.3 Å². The molecule has 8 nitrogen and oxygen atoms in total. The van der Waals surface area contributed by atoms with Crippen molar-refractivity contribution in [3.8, 4) is 11.5 Å². The topological polar surface area (TPSA) is 94.8 Å². The first-order valence-electron chi connectivity index (χ1n) is 10.3. The largest absolute Gasteiger partial charge is 0.490 e. The molecule has 0 fully saturated rings. The summed E-state index contributed by atoms with van der Waals surface area (Å²) in [6.07, 6.45) is 1.64. The van der Waals surface area contributed by atoms with E-state index in [0.717, 1.165) is 0 Å². The maximum absolute atomic E-state index is 13.5. The molecule has 1 amide bonds. The summed E-state index contributed by atoms with van der Waals surface area (Å²) in [6.45, 7) is 6.27. The summed E-state index contributed by atoms with van der Waals surface area (Å²) < 4.78 is 17.4. The van der Waals surface area contributed by atoms with Crippen molar-refractivity contribution >= 4 is 33.3 Å². The van der Waals surface area contributed by atoms with Gasteiger partial charge >= 0.3 is 0 Å². The van der Waals surface area contributed by atoms with Gasteiger partial charge in [-0.2, -0.15) is 0 Å². The molecular formula is C24H19N3O5S. The Hall–Kier alpha value is -3.98. The summed E-state index contributed by atoms with van der Waals surface area (Å²) in [4.78, 5) is 28.4. The molecule has 3 heterocycles. The minimum atomic E-state index is -0.756. The van der Waals surface area contributed by atoms with Gasteiger partial charge in [0.1, 0.15) is 17.7 Å². The van der Waals surface area contributed by atoms with Gasteiger partial charge in [-0.05, 0) is 36.8 Å². The molecule has 0 spiro atoms. The van der Waals surface area contributed by atoms with E-state index in [2.05, 4.69) is 16.8 Å². The zero-order valence-corrected chi connectivity index (χ0v) is 18.5. The molecule has 0 saturated carbocycles. The quantitative estimate of drug-likeness (QED) is 0.378. The highest BCUT2D eigenvalue weighted by Gasteiger charge is 2.45. The Balaban J connectivity index is 1.74. The fourth-order valence-electron chi connectivity index (χ4n) is 3.94. The number of fused-ring (bicyclic) bond motifs is 2. The lowest BCUT2D eigenvalue weighted by Crippen LogP contribution is -2.29. The number of aromatic nitrogens is 2. The molecule has 2 aromatic carbocycles. The van der Waals surface area contributed by atoms with Crippen LogP contribution in [0.5, 0.6) is 11.5 Å². The van der Waals surface area contributed by atoms with Gasteiger partial charge in [0.2, 0.25) is 10.9 Å². The van der Waals surface area contributed by atoms with Gasteiger partial charge in [-0.3, -0.25) is 14.5 Å². The molecule has 0 N–H and O–H groups in total. The van der Waals surface area contributed by atoms with Crippen LogP contribution in [0.3, 0.4) is 0 Å². The van der Waals surface area contributed by atoms with E-state index in [1.165, 1.54) is 21.7 Å². The van der Waals surface area contributed by atoms with Gasteiger partial charge < -0.3 is 13.9 Å². The number of hydrogen-bond acceptors (Lipinski definition) is 8. The molecule has 5 rings (SSSR count). The van der Waals surface area contributed by atoms with Gasteiger partial charge in [0.05, 0.1) is 23.6 Å². The predicted molar refractivity (Wildman–Crippen MR) is 124 cm³/mol. The fraction of sp³-hybridized carbons (Fsp3) is 0.167. The minimum absolute atomic E-state index is 0.00356. The molecule has 2 aromatic heterocycles. The average molecular weight is 461 g/mol. The molecule has 0 radical (unpaired) electrons. The Labute approximate surface area is 192 Å². The maximum atomic E-state index is 13.5. The van der Waals surface area contributed by atoms with Gasteiger partial charge in [-0.1, -0.05) is 42.2 Å². The normalized spacial score (nSPS) is 15.0. The van der Waals surface area contributed by atoms with E-state index >= 15 is 0 Å². The van der Waals surface area contributed by atoms with Crippen molar-refractivity contribution in [1.82, 2.24) is 10.2 Å². The van der Waals surface area contributed by atoms with Crippen LogP contribution in [0.1, 0.15) is 34.6 Å². The number of carbonyl (C=O) groups excluding carboxylic acids is 1. The minimum Gasteiger partial charge on any atom is -0.490 e. The van der Waals surface area contributed by atoms with Crippen molar-refractivity contribution in [1.29, 1.82) is 0 Å². The average Bonchev–Trinajstić information content (AvgIpc) is 3.45. The van der Waals surface area contributed by atoms with Gasteiger partial charge in [-0.15, -0.1) is 10.2 Å². The highest BCUT2D eigenvalue weighted by Crippen LogP contribution is 2.43. The number of ether oxygens (including phenoxy) is 2. The molecule has 0 bridgehead atoms. The predicted octanol–water partition coefficient (Wildman–Crippen LogP) is 4.36. The number of benzene rings is 2. The maximum Gasteiger partial charge on any atom is 0.297 e. The van der Waals surface area contributed by atoms with Crippen LogP contribution in [0.2, 0.25) is 0 Å². The SMILES string of the molecule is C=CCOc1ccc([C@H]2c3c(oc4ccccc4c3=O)C(=O)N2c2nncs2)cc1OCC. The van der Waals surface area contributed by atoms with Crippen molar-refractivity contribution in [2.24, 2.45) is 0 Å². The Kier molecular flexibility index (Phi) is 5.39. The molecule has 4 aromatic rings. The highest BCUT2D eigenvalue weighted by atomic mass is 32.1. The van der Waals surface area contributed by atoms with Crippen molar-refractivity contribution in [3.05, 3.63) is 87.7 Å². The second-order valence-electron chi connectivity index (χ2n) is 7.21. The summed E-state index contributed by atoms with van der Waals surface area (Å²) in [7, 11) is 0. The van der Waals surface area contributed by atoms with E-state index < -0.39 is 11.9 Å². The van der Waals surface area contributed by atoms with Gasteiger partial charge in [0.15, 0.2) is 16.9 Å². The molecule has 1 atom stereocenters. The van der Waals surface area contributed by atoms with E-state index in [-0.39, 0.29) is 16.8 Å². The Bertz CT molecular complexity index is 1410. The zero-order valence-electron chi connectivity index (χ0n) is 17.7. The van der Waals surface area contributed by atoms with Crippen molar-refractivity contribution in [3.63, 3.8) is 0 Å². The Morgan fingerprint density at radius 1 is 1.18 bits per heavy atom.